The zero-order valence-electron chi connectivity index (χ0n) is 15.2. The SMILES string of the molecule is CCCCCCCCCC(c1ccccc1)[Si](C)(C)OCC. The molecule has 126 valence electrons. The van der Waals surface area contributed by atoms with Crippen molar-refractivity contribution in [1.82, 2.24) is 0 Å². The topological polar surface area (TPSA) is 9.23 Å². The molecule has 0 aliphatic carbocycles. The fourth-order valence-electron chi connectivity index (χ4n) is 3.38. The second kappa shape index (κ2) is 11.0. The number of benzene rings is 1. The highest BCUT2D eigenvalue weighted by Gasteiger charge is 2.33. The maximum absolute atomic E-state index is 6.19. The first-order valence-corrected chi connectivity index (χ1v) is 12.3. The van der Waals surface area contributed by atoms with Crippen molar-refractivity contribution in [3.8, 4) is 0 Å². The average Bonchev–Trinajstić information content (AvgIpc) is 2.50. The van der Waals surface area contributed by atoms with E-state index >= 15 is 0 Å². The van der Waals surface area contributed by atoms with Crippen molar-refractivity contribution < 1.29 is 4.43 Å². The standard InChI is InChI=1S/C20H36OSi/c1-5-7-8-9-10-11-15-18-20(22(3,4)21-6-2)19-16-13-12-14-17-19/h12-14,16-17,20H,5-11,15,18H2,1-4H3. The van der Waals surface area contributed by atoms with Crippen molar-refractivity contribution in [3.05, 3.63) is 35.9 Å². The van der Waals surface area contributed by atoms with E-state index in [-0.39, 0.29) is 0 Å². The normalized spacial score (nSPS) is 13.3. The van der Waals surface area contributed by atoms with Crippen LogP contribution in [0.25, 0.3) is 0 Å². The van der Waals surface area contributed by atoms with Crippen LogP contribution in [0.2, 0.25) is 13.1 Å². The molecule has 0 aromatic heterocycles. The minimum atomic E-state index is -1.65. The molecule has 1 atom stereocenters. The fraction of sp³-hybridized carbons (Fsp3) is 0.700. The number of unbranched alkanes of at least 4 members (excludes halogenated alkanes) is 6. The summed E-state index contributed by atoms with van der Waals surface area (Å²) in [4.78, 5) is 0. The summed E-state index contributed by atoms with van der Waals surface area (Å²) in [7, 11) is -1.65. The van der Waals surface area contributed by atoms with Crippen molar-refractivity contribution in [1.29, 1.82) is 0 Å². The van der Waals surface area contributed by atoms with E-state index in [4.69, 9.17) is 4.43 Å². The van der Waals surface area contributed by atoms with Crippen LogP contribution in [-0.2, 0) is 4.43 Å². The zero-order valence-corrected chi connectivity index (χ0v) is 16.2. The monoisotopic (exact) mass is 320 g/mol. The second-order valence-corrected chi connectivity index (χ2v) is 11.1. The molecular formula is C20H36OSi. The quantitative estimate of drug-likeness (QED) is 0.308. The van der Waals surface area contributed by atoms with Crippen LogP contribution in [0, 0.1) is 0 Å². The highest BCUT2D eigenvalue weighted by atomic mass is 28.4. The predicted molar refractivity (Wildman–Crippen MR) is 101 cm³/mol. The van der Waals surface area contributed by atoms with E-state index in [1.165, 1.54) is 56.9 Å². The van der Waals surface area contributed by atoms with Crippen LogP contribution in [-0.4, -0.2) is 14.9 Å². The zero-order chi connectivity index (χ0) is 16.3. The summed E-state index contributed by atoms with van der Waals surface area (Å²) in [5.74, 6) is 0. The lowest BCUT2D eigenvalue weighted by Crippen LogP contribution is -2.39. The molecule has 0 fully saturated rings. The van der Waals surface area contributed by atoms with Gasteiger partial charge in [0.05, 0.1) is 0 Å². The molecule has 0 bridgehead atoms. The van der Waals surface area contributed by atoms with Crippen LogP contribution in [0.1, 0.15) is 76.3 Å². The van der Waals surface area contributed by atoms with E-state index in [0.717, 1.165) is 6.61 Å². The van der Waals surface area contributed by atoms with Crippen LogP contribution >= 0.6 is 0 Å². The summed E-state index contributed by atoms with van der Waals surface area (Å²) in [6, 6.07) is 11.0. The third kappa shape index (κ3) is 7.10. The number of hydrogen-bond donors (Lipinski definition) is 0. The van der Waals surface area contributed by atoms with Gasteiger partial charge in [-0.15, -0.1) is 0 Å². The summed E-state index contributed by atoms with van der Waals surface area (Å²) in [6.45, 7) is 10.0. The van der Waals surface area contributed by atoms with Crippen LogP contribution in [0.15, 0.2) is 30.3 Å². The Balaban J connectivity index is 2.50. The van der Waals surface area contributed by atoms with Gasteiger partial charge in [0.1, 0.15) is 0 Å². The van der Waals surface area contributed by atoms with Gasteiger partial charge in [-0.2, -0.15) is 0 Å². The summed E-state index contributed by atoms with van der Waals surface area (Å²) >= 11 is 0. The Morgan fingerprint density at radius 1 is 0.864 bits per heavy atom. The van der Waals surface area contributed by atoms with E-state index in [0.29, 0.717) is 5.54 Å². The molecule has 0 aliphatic rings. The fourth-order valence-corrected chi connectivity index (χ4v) is 6.22. The molecule has 1 unspecified atom stereocenters. The van der Waals surface area contributed by atoms with E-state index in [1.54, 1.807) is 0 Å². The highest BCUT2D eigenvalue weighted by molar-refractivity contribution is 6.72. The second-order valence-electron chi connectivity index (χ2n) is 6.91. The molecule has 1 aromatic carbocycles. The smallest absolute Gasteiger partial charge is 0.194 e. The van der Waals surface area contributed by atoms with E-state index in [9.17, 15) is 0 Å². The Bertz CT molecular complexity index is 375. The molecule has 0 amide bonds. The Morgan fingerprint density at radius 3 is 2.05 bits per heavy atom. The molecule has 1 aromatic rings. The molecule has 0 N–H and O–H groups in total. The average molecular weight is 321 g/mol. The van der Waals surface area contributed by atoms with Crippen LogP contribution < -0.4 is 0 Å². The van der Waals surface area contributed by atoms with Crippen LogP contribution in [0.5, 0.6) is 0 Å². The maximum Gasteiger partial charge on any atom is 0.194 e. The van der Waals surface area contributed by atoms with Crippen LogP contribution in [0.4, 0.5) is 0 Å². The summed E-state index contributed by atoms with van der Waals surface area (Å²) in [5.41, 5.74) is 2.11. The van der Waals surface area contributed by atoms with E-state index in [1.807, 2.05) is 0 Å². The largest absolute Gasteiger partial charge is 0.417 e. The first-order chi connectivity index (χ1) is 10.6. The minimum Gasteiger partial charge on any atom is -0.417 e. The molecule has 0 radical (unpaired) electrons. The predicted octanol–water partition coefficient (Wildman–Crippen LogP) is 6.69. The van der Waals surface area contributed by atoms with Crippen molar-refractivity contribution in [2.45, 2.75) is 83.8 Å². The van der Waals surface area contributed by atoms with Crippen molar-refractivity contribution >= 4 is 8.32 Å². The number of rotatable bonds is 12. The lowest BCUT2D eigenvalue weighted by Gasteiger charge is -2.32. The third-order valence-corrected chi connectivity index (χ3v) is 7.99. The van der Waals surface area contributed by atoms with E-state index in [2.05, 4.69) is 57.3 Å². The molecule has 22 heavy (non-hydrogen) atoms. The van der Waals surface area contributed by atoms with Crippen molar-refractivity contribution in [2.75, 3.05) is 6.61 Å². The lowest BCUT2D eigenvalue weighted by atomic mass is 10.0. The molecule has 0 saturated heterocycles. The number of hydrogen-bond acceptors (Lipinski definition) is 1. The van der Waals surface area contributed by atoms with Crippen molar-refractivity contribution in [2.24, 2.45) is 0 Å². The molecular weight excluding hydrogens is 284 g/mol. The summed E-state index contributed by atoms with van der Waals surface area (Å²) in [5, 5.41) is 0. The van der Waals surface area contributed by atoms with Gasteiger partial charge >= 0.3 is 0 Å². The Kier molecular flexibility index (Phi) is 9.73. The Hall–Kier alpha value is -0.603. The third-order valence-electron chi connectivity index (χ3n) is 4.65. The van der Waals surface area contributed by atoms with Gasteiger partial charge in [0.25, 0.3) is 0 Å². The Morgan fingerprint density at radius 2 is 1.45 bits per heavy atom. The van der Waals surface area contributed by atoms with Crippen molar-refractivity contribution in [3.63, 3.8) is 0 Å². The van der Waals surface area contributed by atoms with Gasteiger partial charge in [-0.3, -0.25) is 0 Å². The van der Waals surface area contributed by atoms with Gasteiger partial charge in [-0.1, -0.05) is 82.2 Å². The van der Waals surface area contributed by atoms with Gasteiger partial charge in [-0.25, -0.2) is 0 Å². The molecule has 1 nitrogen and oxygen atoms in total. The summed E-state index contributed by atoms with van der Waals surface area (Å²) in [6.07, 6.45) is 11.0. The highest BCUT2D eigenvalue weighted by Crippen LogP contribution is 2.33. The molecule has 0 saturated carbocycles. The maximum atomic E-state index is 6.19. The molecule has 1 rings (SSSR count). The minimum absolute atomic E-state index is 0.629. The van der Waals surface area contributed by atoms with Crippen LogP contribution in [0.3, 0.4) is 0 Å². The molecule has 0 aliphatic heterocycles. The van der Waals surface area contributed by atoms with Gasteiger partial charge < -0.3 is 4.43 Å². The van der Waals surface area contributed by atoms with Gasteiger partial charge in [-0.05, 0) is 32.0 Å². The first kappa shape index (κ1) is 19.4. The van der Waals surface area contributed by atoms with E-state index < -0.39 is 8.32 Å². The lowest BCUT2D eigenvalue weighted by molar-refractivity contribution is 0.317. The van der Waals surface area contributed by atoms with Gasteiger partial charge in [0.2, 0.25) is 0 Å². The molecule has 0 spiro atoms. The molecule has 2 heteroatoms. The first-order valence-electron chi connectivity index (χ1n) is 9.30. The van der Waals surface area contributed by atoms with Gasteiger partial charge in [0, 0.05) is 12.1 Å². The Labute approximate surface area is 139 Å². The molecule has 0 heterocycles. The summed E-state index contributed by atoms with van der Waals surface area (Å²) < 4.78 is 6.19. The van der Waals surface area contributed by atoms with Gasteiger partial charge in [0.15, 0.2) is 8.32 Å².